The predicted molar refractivity (Wildman–Crippen MR) is 39.2 cm³/mol. The fraction of sp³-hybridized carbons (Fsp3) is 0.667. The lowest BCUT2D eigenvalue weighted by Gasteiger charge is -1.92. The Morgan fingerprint density at radius 1 is 1.73 bits per heavy atom. The Balaban J connectivity index is 2.70. The van der Waals surface area contributed by atoms with E-state index in [1.165, 1.54) is 4.68 Å². The van der Waals surface area contributed by atoms with Gasteiger partial charge in [-0.1, -0.05) is 0 Å². The van der Waals surface area contributed by atoms with Gasteiger partial charge in [0, 0.05) is 13.5 Å². The highest BCUT2D eigenvalue weighted by atomic mass is 16.4. The van der Waals surface area contributed by atoms with Crippen molar-refractivity contribution in [3.8, 4) is 0 Å². The van der Waals surface area contributed by atoms with Crippen LogP contribution in [-0.2, 0) is 6.54 Å². The summed E-state index contributed by atoms with van der Waals surface area (Å²) in [6.45, 7) is 2.73. The minimum atomic E-state index is -0.407. The second kappa shape index (κ2) is 3.34. The second-order valence-electron chi connectivity index (χ2n) is 2.25. The van der Waals surface area contributed by atoms with Crippen molar-refractivity contribution in [2.45, 2.75) is 19.9 Å². The molecular formula is C6H11N3O2. The molecule has 11 heavy (non-hydrogen) atoms. The number of rotatable bonds is 3. The fourth-order valence-corrected chi connectivity index (χ4v) is 0.793. The molecule has 2 N–H and O–H groups in total. The Morgan fingerprint density at radius 2 is 2.45 bits per heavy atom. The van der Waals surface area contributed by atoms with Gasteiger partial charge in [-0.05, 0) is 13.0 Å². The molecule has 1 aromatic heterocycles. The fourth-order valence-electron chi connectivity index (χ4n) is 0.793. The Labute approximate surface area is 63.8 Å². The van der Waals surface area contributed by atoms with Crippen molar-refractivity contribution in [1.82, 2.24) is 9.78 Å². The summed E-state index contributed by atoms with van der Waals surface area (Å²) in [5.41, 5.74) is 5.26. The maximum Gasteiger partial charge on any atom is 0.437 e. The van der Waals surface area contributed by atoms with Crippen LogP contribution >= 0.6 is 0 Å². The molecule has 0 atom stereocenters. The molecule has 0 unspecified atom stereocenters. The van der Waals surface area contributed by atoms with Crippen LogP contribution in [0.2, 0.25) is 0 Å². The first-order valence-corrected chi connectivity index (χ1v) is 3.48. The summed E-state index contributed by atoms with van der Waals surface area (Å²) < 4.78 is 5.95. The number of nitrogens with two attached hydrogens (primary N) is 1. The van der Waals surface area contributed by atoms with Crippen molar-refractivity contribution in [2.75, 3.05) is 6.54 Å². The van der Waals surface area contributed by atoms with E-state index in [0.717, 1.165) is 6.42 Å². The first-order chi connectivity index (χ1) is 5.24. The molecule has 1 aromatic rings. The van der Waals surface area contributed by atoms with E-state index in [-0.39, 0.29) is 0 Å². The normalized spacial score (nSPS) is 10.4. The smallest absolute Gasteiger partial charge is 0.393 e. The lowest BCUT2D eigenvalue weighted by molar-refractivity contribution is 0.455. The van der Waals surface area contributed by atoms with Crippen LogP contribution in [0.15, 0.2) is 9.21 Å². The summed E-state index contributed by atoms with van der Waals surface area (Å²) in [6.07, 6.45) is 0.742. The van der Waals surface area contributed by atoms with Crippen LogP contribution in [0.4, 0.5) is 0 Å². The molecule has 62 valence electrons. The first kappa shape index (κ1) is 8.00. The molecule has 0 aromatic carbocycles. The minimum absolute atomic E-state index is 0.395. The van der Waals surface area contributed by atoms with Crippen molar-refractivity contribution in [3.05, 3.63) is 16.4 Å². The first-order valence-electron chi connectivity index (χ1n) is 3.48. The van der Waals surface area contributed by atoms with Crippen LogP contribution < -0.4 is 11.5 Å². The molecule has 1 rings (SSSR count). The van der Waals surface area contributed by atoms with Crippen LogP contribution in [0.3, 0.4) is 0 Å². The summed E-state index contributed by atoms with van der Waals surface area (Å²) in [5.74, 6) is -0.0111. The van der Waals surface area contributed by atoms with E-state index in [2.05, 4.69) is 9.52 Å². The van der Waals surface area contributed by atoms with Gasteiger partial charge in [-0.3, -0.25) is 0 Å². The third-order valence-corrected chi connectivity index (χ3v) is 1.28. The highest BCUT2D eigenvalue weighted by molar-refractivity contribution is 4.67. The zero-order valence-corrected chi connectivity index (χ0v) is 6.41. The Kier molecular flexibility index (Phi) is 2.43. The van der Waals surface area contributed by atoms with Crippen molar-refractivity contribution >= 4 is 0 Å². The maximum atomic E-state index is 10.8. The topological polar surface area (TPSA) is 74.1 Å². The standard InChI is InChI=1S/C6H11N3O2/c1-5-8-9(4-2-3-7)6(10)11-5/h2-4,7H2,1H3. The Bertz CT molecular complexity index is 276. The van der Waals surface area contributed by atoms with Crippen LogP contribution in [0.5, 0.6) is 0 Å². The van der Waals surface area contributed by atoms with Gasteiger partial charge in [-0.2, -0.15) is 4.68 Å². The number of nitrogens with zero attached hydrogens (tertiary/aromatic N) is 2. The van der Waals surface area contributed by atoms with E-state index in [4.69, 9.17) is 5.73 Å². The Hall–Kier alpha value is -1.10. The molecule has 0 amide bonds. The summed E-state index contributed by atoms with van der Waals surface area (Å²) in [4.78, 5) is 10.8. The van der Waals surface area contributed by atoms with Crippen molar-refractivity contribution in [3.63, 3.8) is 0 Å². The average Bonchev–Trinajstić information content (AvgIpc) is 2.26. The highest BCUT2D eigenvalue weighted by Gasteiger charge is 2.01. The molecule has 0 aliphatic carbocycles. The van der Waals surface area contributed by atoms with Gasteiger partial charge in [-0.15, -0.1) is 5.10 Å². The molecule has 0 saturated carbocycles. The van der Waals surface area contributed by atoms with Gasteiger partial charge in [0.2, 0.25) is 5.89 Å². The second-order valence-corrected chi connectivity index (χ2v) is 2.25. The van der Waals surface area contributed by atoms with Crippen molar-refractivity contribution in [2.24, 2.45) is 5.73 Å². The molecule has 0 spiro atoms. The summed E-state index contributed by atoms with van der Waals surface area (Å²) in [5, 5.41) is 3.83. The Morgan fingerprint density at radius 3 is 2.91 bits per heavy atom. The minimum Gasteiger partial charge on any atom is -0.393 e. The van der Waals surface area contributed by atoms with Crippen molar-refractivity contribution in [1.29, 1.82) is 0 Å². The van der Waals surface area contributed by atoms with E-state index in [0.29, 0.717) is 19.0 Å². The zero-order valence-electron chi connectivity index (χ0n) is 6.41. The quantitative estimate of drug-likeness (QED) is 0.641. The summed E-state index contributed by atoms with van der Waals surface area (Å²) in [7, 11) is 0. The molecule has 5 nitrogen and oxygen atoms in total. The van der Waals surface area contributed by atoms with E-state index in [9.17, 15) is 4.79 Å². The maximum absolute atomic E-state index is 10.8. The summed E-state index contributed by atoms with van der Waals surface area (Å²) in [6, 6.07) is 0. The van der Waals surface area contributed by atoms with E-state index >= 15 is 0 Å². The van der Waals surface area contributed by atoms with Gasteiger partial charge in [-0.25, -0.2) is 4.79 Å². The van der Waals surface area contributed by atoms with E-state index < -0.39 is 5.76 Å². The molecule has 0 aliphatic rings. The van der Waals surface area contributed by atoms with Gasteiger partial charge >= 0.3 is 5.76 Å². The lowest BCUT2D eigenvalue weighted by atomic mass is 10.4. The number of hydrogen-bond acceptors (Lipinski definition) is 4. The molecule has 0 radical (unpaired) electrons. The molecule has 5 heteroatoms. The largest absolute Gasteiger partial charge is 0.437 e. The SMILES string of the molecule is Cc1nn(CCCN)c(=O)o1. The molecule has 0 aliphatic heterocycles. The molecule has 0 bridgehead atoms. The molecule has 1 heterocycles. The lowest BCUT2D eigenvalue weighted by Crippen LogP contribution is -2.17. The van der Waals surface area contributed by atoms with Crippen LogP contribution in [0.25, 0.3) is 0 Å². The molecule has 0 fully saturated rings. The monoisotopic (exact) mass is 157 g/mol. The predicted octanol–water partition coefficient (Wildman–Crippen LogP) is -0.506. The highest BCUT2D eigenvalue weighted by Crippen LogP contribution is 1.86. The van der Waals surface area contributed by atoms with Gasteiger partial charge in [0.15, 0.2) is 0 Å². The van der Waals surface area contributed by atoms with Crippen molar-refractivity contribution < 1.29 is 4.42 Å². The van der Waals surface area contributed by atoms with Gasteiger partial charge < -0.3 is 10.2 Å². The number of aryl methyl sites for hydroxylation is 2. The average molecular weight is 157 g/mol. The van der Waals surface area contributed by atoms with Gasteiger partial charge in [0.1, 0.15) is 0 Å². The van der Waals surface area contributed by atoms with E-state index in [1.54, 1.807) is 6.92 Å². The van der Waals surface area contributed by atoms with Gasteiger partial charge in [0.05, 0.1) is 0 Å². The number of aromatic nitrogens is 2. The summed E-state index contributed by atoms with van der Waals surface area (Å²) >= 11 is 0. The third-order valence-electron chi connectivity index (χ3n) is 1.28. The van der Waals surface area contributed by atoms with E-state index in [1.807, 2.05) is 0 Å². The van der Waals surface area contributed by atoms with Crippen LogP contribution in [0, 0.1) is 6.92 Å². The molecular weight excluding hydrogens is 146 g/mol. The number of hydrogen-bond donors (Lipinski definition) is 1. The molecule has 0 saturated heterocycles. The zero-order chi connectivity index (χ0) is 8.27. The van der Waals surface area contributed by atoms with Crippen LogP contribution in [0.1, 0.15) is 12.3 Å². The van der Waals surface area contributed by atoms with Crippen LogP contribution in [-0.4, -0.2) is 16.3 Å². The third kappa shape index (κ3) is 1.91. The van der Waals surface area contributed by atoms with Gasteiger partial charge in [0.25, 0.3) is 0 Å².